The molecule has 40 heavy (non-hydrogen) atoms. The van der Waals surface area contributed by atoms with Crippen LogP contribution in [-0.4, -0.2) is 35.5 Å². The summed E-state index contributed by atoms with van der Waals surface area (Å²) in [4.78, 5) is 24.6. The average molecular weight is 547 g/mol. The number of primary amides is 1. The maximum absolute atomic E-state index is 15.3. The van der Waals surface area contributed by atoms with Crippen LogP contribution in [0.1, 0.15) is 95.1 Å². The van der Waals surface area contributed by atoms with E-state index >= 15 is 4.39 Å². The highest BCUT2D eigenvalue weighted by molar-refractivity contribution is 5.89. The van der Waals surface area contributed by atoms with Crippen molar-refractivity contribution < 1.29 is 18.7 Å². The monoisotopic (exact) mass is 546 g/mol. The Balaban J connectivity index is 1.26. The quantitative estimate of drug-likeness (QED) is 0.323. The van der Waals surface area contributed by atoms with Gasteiger partial charge in [0.15, 0.2) is 11.5 Å². The van der Waals surface area contributed by atoms with Crippen molar-refractivity contribution in [3.8, 4) is 16.9 Å². The molecule has 214 valence electrons. The van der Waals surface area contributed by atoms with Gasteiger partial charge in [0.25, 0.3) is 0 Å². The molecule has 3 fully saturated rings. The minimum Gasteiger partial charge on any atom is -0.490 e. The fraction of sp³-hybridized carbons (Fsp3) is 0.529. The van der Waals surface area contributed by atoms with Gasteiger partial charge in [-0.3, -0.25) is 9.59 Å². The summed E-state index contributed by atoms with van der Waals surface area (Å²) in [5, 5.41) is 3.28. The second-order valence-electron chi connectivity index (χ2n) is 12.6. The molecular formula is C34H43FN2O3. The molecule has 1 spiro atoms. The molecule has 1 saturated heterocycles. The Morgan fingerprint density at radius 2 is 1.90 bits per heavy atom. The molecule has 1 aliphatic heterocycles. The van der Waals surface area contributed by atoms with Crippen LogP contribution in [0, 0.1) is 5.92 Å². The summed E-state index contributed by atoms with van der Waals surface area (Å²) in [6.45, 7) is 6.33. The topological polar surface area (TPSA) is 81.4 Å². The van der Waals surface area contributed by atoms with Crippen molar-refractivity contribution in [2.45, 2.75) is 101 Å². The van der Waals surface area contributed by atoms with E-state index in [2.05, 4.69) is 37.4 Å². The van der Waals surface area contributed by atoms with Crippen LogP contribution in [0.5, 0.6) is 5.75 Å². The minimum atomic E-state index is -1.73. The van der Waals surface area contributed by atoms with Gasteiger partial charge in [-0.15, -0.1) is 0 Å². The predicted molar refractivity (Wildman–Crippen MR) is 157 cm³/mol. The number of carbonyl (C=O) groups excluding carboxylic acids is 2. The molecule has 4 atom stereocenters. The van der Waals surface area contributed by atoms with Crippen LogP contribution in [0.3, 0.4) is 0 Å². The molecule has 3 N–H and O–H groups in total. The van der Waals surface area contributed by atoms with Crippen molar-refractivity contribution in [3.05, 3.63) is 65.7 Å². The van der Waals surface area contributed by atoms with Crippen molar-refractivity contribution in [3.63, 3.8) is 0 Å². The second-order valence-corrected chi connectivity index (χ2v) is 12.6. The first-order chi connectivity index (χ1) is 19.1. The minimum absolute atomic E-state index is 0.0414. The Labute approximate surface area is 237 Å². The molecule has 0 unspecified atom stereocenters. The van der Waals surface area contributed by atoms with Crippen LogP contribution in [-0.2, 0) is 9.59 Å². The number of halogens is 1. The Kier molecular flexibility index (Phi) is 8.19. The van der Waals surface area contributed by atoms with Gasteiger partial charge in [0.1, 0.15) is 5.75 Å². The molecule has 5 nitrogen and oxygen atoms in total. The molecule has 5 rings (SSSR count). The summed E-state index contributed by atoms with van der Waals surface area (Å²) in [5.74, 6) is 0.374. The largest absolute Gasteiger partial charge is 0.490 e. The summed E-state index contributed by atoms with van der Waals surface area (Å²) in [7, 11) is 0. The van der Waals surface area contributed by atoms with Gasteiger partial charge in [-0.2, -0.15) is 0 Å². The lowest BCUT2D eigenvalue weighted by molar-refractivity contribution is -0.129. The molecule has 0 aromatic heterocycles. The number of ketones is 1. The zero-order valence-corrected chi connectivity index (χ0v) is 24.0. The van der Waals surface area contributed by atoms with E-state index in [1.54, 1.807) is 0 Å². The average Bonchev–Trinajstić information content (AvgIpc) is 3.53. The normalized spacial score (nSPS) is 26.3. The van der Waals surface area contributed by atoms with E-state index in [0.717, 1.165) is 61.0 Å². The van der Waals surface area contributed by atoms with Crippen molar-refractivity contribution in [1.82, 2.24) is 5.32 Å². The van der Waals surface area contributed by atoms with Gasteiger partial charge in [0, 0.05) is 30.5 Å². The lowest BCUT2D eigenvalue weighted by Crippen LogP contribution is -2.46. The van der Waals surface area contributed by atoms with E-state index in [1.807, 2.05) is 43.3 Å². The third kappa shape index (κ3) is 5.88. The van der Waals surface area contributed by atoms with E-state index in [-0.39, 0.29) is 36.3 Å². The molecule has 2 aromatic rings. The maximum atomic E-state index is 15.3. The smallest absolute Gasteiger partial charge is 0.224 e. The lowest BCUT2D eigenvalue weighted by Gasteiger charge is -2.38. The van der Waals surface area contributed by atoms with Gasteiger partial charge in [-0.25, -0.2) is 4.39 Å². The van der Waals surface area contributed by atoms with Crippen molar-refractivity contribution in [1.29, 1.82) is 0 Å². The fourth-order valence-electron chi connectivity index (χ4n) is 6.67. The van der Waals surface area contributed by atoms with Gasteiger partial charge in [-0.1, -0.05) is 56.3 Å². The highest BCUT2D eigenvalue weighted by atomic mass is 19.1. The van der Waals surface area contributed by atoms with Crippen LogP contribution in [0.4, 0.5) is 4.39 Å². The Bertz CT molecular complexity index is 1280. The summed E-state index contributed by atoms with van der Waals surface area (Å²) < 4.78 is 21.9. The maximum Gasteiger partial charge on any atom is 0.224 e. The van der Waals surface area contributed by atoms with Crippen molar-refractivity contribution in [2.75, 3.05) is 6.54 Å². The van der Waals surface area contributed by atoms with Gasteiger partial charge in [-0.05, 0) is 86.1 Å². The number of rotatable bonds is 10. The first kappa shape index (κ1) is 28.5. The molecule has 2 aromatic carbocycles. The highest BCUT2D eigenvalue weighted by Gasteiger charge is 2.54. The highest BCUT2D eigenvalue weighted by Crippen LogP contribution is 2.45. The molecule has 1 heterocycles. The number of ether oxygens (including phenoxy) is 1. The SMILES string of the molecule is CC(C)c1ccccc1-c1cc([C@H](C)C(N)=O)ccc1O[C@@H]1CC[C@@H](/C=C/CC(=O)[C@@]2(F)CNC3(CCC3)C2)C1. The number of carbonyl (C=O) groups is 2. The van der Waals surface area contributed by atoms with Crippen LogP contribution in [0.25, 0.3) is 11.1 Å². The first-order valence-electron chi connectivity index (χ1n) is 14.9. The van der Waals surface area contributed by atoms with Crippen LogP contribution in [0.2, 0.25) is 0 Å². The second kappa shape index (κ2) is 11.5. The zero-order valence-electron chi connectivity index (χ0n) is 24.0. The predicted octanol–water partition coefficient (Wildman–Crippen LogP) is 6.75. The molecule has 3 aliphatic rings. The fourth-order valence-corrected chi connectivity index (χ4v) is 6.67. The molecule has 0 radical (unpaired) electrons. The molecule has 1 amide bonds. The van der Waals surface area contributed by atoms with E-state index in [4.69, 9.17) is 10.5 Å². The Morgan fingerprint density at radius 1 is 1.12 bits per heavy atom. The van der Waals surface area contributed by atoms with E-state index in [1.165, 1.54) is 5.56 Å². The molecular weight excluding hydrogens is 503 g/mol. The summed E-state index contributed by atoms with van der Waals surface area (Å²) in [5.41, 5.74) is 7.93. The number of benzene rings is 2. The molecule has 2 saturated carbocycles. The Hall–Kier alpha value is -2.99. The van der Waals surface area contributed by atoms with Crippen LogP contribution >= 0.6 is 0 Å². The summed E-state index contributed by atoms with van der Waals surface area (Å²) >= 11 is 0. The summed E-state index contributed by atoms with van der Waals surface area (Å²) in [6.07, 6.45) is 10.3. The lowest BCUT2D eigenvalue weighted by atomic mass is 9.73. The molecule has 0 bridgehead atoms. The van der Waals surface area contributed by atoms with Crippen molar-refractivity contribution >= 4 is 11.7 Å². The number of hydrogen-bond acceptors (Lipinski definition) is 4. The van der Waals surface area contributed by atoms with Crippen LogP contribution in [0.15, 0.2) is 54.6 Å². The van der Waals surface area contributed by atoms with Gasteiger partial charge >= 0.3 is 0 Å². The first-order valence-corrected chi connectivity index (χ1v) is 14.9. The summed E-state index contributed by atoms with van der Waals surface area (Å²) in [6, 6.07) is 14.3. The van der Waals surface area contributed by atoms with Gasteiger partial charge < -0.3 is 15.8 Å². The van der Waals surface area contributed by atoms with E-state index in [9.17, 15) is 9.59 Å². The number of alkyl halides is 1. The third-order valence-electron chi connectivity index (χ3n) is 9.41. The third-order valence-corrected chi connectivity index (χ3v) is 9.41. The van der Waals surface area contributed by atoms with Gasteiger partial charge in [0.2, 0.25) is 5.91 Å². The van der Waals surface area contributed by atoms with E-state index < -0.39 is 11.6 Å². The standard InChI is InChI=1S/C34H43FN2O3/c1-22(2)27-9-4-5-10-28(27)29-19-25(23(3)32(36)39)13-15-30(29)40-26-14-12-24(18-26)8-6-11-31(38)34(35)20-33(37-21-34)16-7-17-33/h4-6,8-10,13,15,19,22-24,26,37H,7,11-12,14,16-18,20-21H2,1-3H3,(H2,36,39)/b8-6+/t23-,24+,26+,34-/m0/s1. The Morgan fingerprint density at radius 3 is 2.58 bits per heavy atom. The van der Waals surface area contributed by atoms with E-state index in [0.29, 0.717) is 18.3 Å². The number of amides is 1. The number of nitrogens with two attached hydrogens (primary N) is 1. The number of hydrogen-bond donors (Lipinski definition) is 2. The number of allylic oxidation sites excluding steroid dienone is 2. The number of nitrogens with one attached hydrogen (secondary N) is 1. The molecule has 6 heteroatoms. The van der Waals surface area contributed by atoms with Crippen molar-refractivity contribution in [2.24, 2.45) is 11.7 Å². The van der Waals surface area contributed by atoms with Crippen LogP contribution < -0.4 is 15.8 Å². The number of Topliss-reactive ketones (excluding diaryl/α,β-unsaturated/α-hetero) is 1. The molecule has 2 aliphatic carbocycles. The van der Waals surface area contributed by atoms with Gasteiger partial charge in [0.05, 0.1) is 12.0 Å². The zero-order chi connectivity index (χ0) is 28.5.